The predicted octanol–water partition coefficient (Wildman–Crippen LogP) is 2.99. The number of benzene rings is 1. The maximum absolute atomic E-state index is 12.1. The van der Waals surface area contributed by atoms with E-state index in [4.69, 9.17) is 4.74 Å². The topological polar surface area (TPSA) is 69.0 Å². The van der Waals surface area contributed by atoms with Crippen LogP contribution in [0.3, 0.4) is 0 Å². The fraction of sp³-hybridized carbons (Fsp3) is 0.526. The number of ether oxygens (including phenoxy) is 1. The summed E-state index contributed by atoms with van der Waals surface area (Å²) in [5, 5.41) is 12.4. The van der Waals surface area contributed by atoms with Crippen molar-refractivity contribution in [2.24, 2.45) is 5.92 Å². The fourth-order valence-electron chi connectivity index (χ4n) is 2.94. The van der Waals surface area contributed by atoms with Crippen molar-refractivity contribution in [3.05, 3.63) is 30.3 Å². The number of hydrogen-bond acceptors (Lipinski definition) is 5. The normalized spacial score (nSPS) is 17.0. The zero-order valence-electron chi connectivity index (χ0n) is 15.4. The van der Waals surface area contributed by atoms with Crippen molar-refractivity contribution >= 4 is 17.7 Å². The van der Waals surface area contributed by atoms with Crippen molar-refractivity contribution in [3.63, 3.8) is 0 Å². The smallest absolute Gasteiger partial charge is 0.230 e. The molecular weight excluding hydrogens is 348 g/mol. The number of carbonyl (C=O) groups is 1. The van der Waals surface area contributed by atoms with Gasteiger partial charge in [-0.25, -0.2) is 0 Å². The zero-order chi connectivity index (χ0) is 18.4. The van der Waals surface area contributed by atoms with Crippen LogP contribution < -0.4 is 5.32 Å². The summed E-state index contributed by atoms with van der Waals surface area (Å²) in [5.41, 5.74) is 1.04. The average molecular weight is 375 g/mol. The van der Waals surface area contributed by atoms with E-state index in [1.807, 2.05) is 30.3 Å². The van der Waals surface area contributed by atoms with Crippen molar-refractivity contribution in [1.29, 1.82) is 0 Å². The lowest BCUT2D eigenvalue weighted by Gasteiger charge is -2.13. The highest BCUT2D eigenvalue weighted by atomic mass is 32.2. The fourth-order valence-corrected chi connectivity index (χ4v) is 3.72. The Kier molecular flexibility index (Phi) is 6.68. The number of hydrogen-bond donors (Lipinski definition) is 1. The van der Waals surface area contributed by atoms with Crippen LogP contribution in [0.2, 0.25) is 0 Å². The Bertz CT molecular complexity index is 712. The highest BCUT2D eigenvalue weighted by Crippen LogP contribution is 2.25. The van der Waals surface area contributed by atoms with Gasteiger partial charge in [0.25, 0.3) is 0 Å². The van der Waals surface area contributed by atoms with Gasteiger partial charge in [-0.2, -0.15) is 0 Å². The average Bonchev–Trinajstić information content (AvgIpc) is 3.28. The molecule has 1 amide bonds. The third-order valence-corrected chi connectivity index (χ3v) is 5.15. The standard InChI is InChI=1S/C19H26N4O2S/c1-14(2)12-23-18(15-7-4-3-5-8-15)21-22-19(23)26-13-17(24)20-11-16-9-6-10-25-16/h3-5,7-8,14,16H,6,9-13H2,1-2H3,(H,20,24)/t16-/m0/s1. The van der Waals surface area contributed by atoms with Crippen LogP contribution in [-0.2, 0) is 16.1 Å². The van der Waals surface area contributed by atoms with E-state index < -0.39 is 0 Å². The summed E-state index contributed by atoms with van der Waals surface area (Å²) < 4.78 is 7.64. The molecule has 140 valence electrons. The first-order valence-electron chi connectivity index (χ1n) is 9.13. The Hall–Kier alpha value is -1.86. The Balaban J connectivity index is 1.63. The molecule has 1 aromatic carbocycles. The number of nitrogens with one attached hydrogen (secondary N) is 1. The molecule has 1 aliphatic heterocycles. The molecule has 6 nitrogen and oxygen atoms in total. The van der Waals surface area contributed by atoms with Gasteiger partial charge in [0.15, 0.2) is 11.0 Å². The molecule has 0 saturated carbocycles. The van der Waals surface area contributed by atoms with Crippen LogP contribution in [0.1, 0.15) is 26.7 Å². The molecule has 1 fully saturated rings. The molecule has 0 radical (unpaired) electrons. The van der Waals surface area contributed by atoms with E-state index in [2.05, 4.69) is 33.9 Å². The lowest BCUT2D eigenvalue weighted by molar-refractivity contribution is -0.119. The van der Waals surface area contributed by atoms with Crippen LogP contribution in [0, 0.1) is 5.92 Å². The van der Waals surface area contributed by atoms with E-state index in [9.17, 15) is 4.79 Å². The second kappa shape index (κ2) is 9.19. The molecule has 1 N–H and O–H groups in total. The maximum Gasteiger partial charge on any atom is 0.230 e. The van der Waals surface area contributed by atoms with Gasteiger partial charge in [0.1, 0.15) is 0 Å². The molecule has 0 bridgehead atoms. The van der Waals surface area contributed by atoms with Crippen LogP contribution in [0.4, 0.5) is 0 Å². The van der Waals surface area contributed by atoms with Gasteiger partial charge in [0, 0.05) is 25.3 Å². The van der Waals surface area contributed by atoms with E-state index in [1.54, 1.807) is 0 Å². The van der Waals surface area contributed by atoms with Gasteiger partial charge in [-0.1, -0.05) is 55.9 Å². The Labute approximate surface area is 158 Å². The molecule has 0 aliphatic carbocycles. The monoisotopic (exact) mass is 374 g/mol. The van der Waals surface area contributed by atoms with Crippen molar-refractivity contribution in [3.8, 4) is 11.4 Å². The summed E-state index contributed by atoms with van der Waals surface area (Å²) in [6.07, 6.45) is 2.27. The second-order valence-corrected chi connectivity index (χ2v) is 7.85. The third kappa shape index (κ3) is 5.08. The van der Waals surface area contributed by atoms with Crippen molar-refractivity contribution in [1.82, 2.24) is 20.1 Å². The summed E-state index contributed by atoms with van der Waals surface area (Å²) in [6, 6.07) is 10.0. The lowest BCUT2D eigenvalue weighted by Crippen LogP contribution is -2.33. The zero-order valence-corrected chi connectivity index (χ0v) is 16.2. The minimum absolute atomic E-state index is 0.00542. The number of amides is 1. The molecule has 3 rings (SSSR count). The van der Waals surface area contributed by atoms with Gasteiger partial charge in [0.2, 0.25) is 5.91 Å². The van der Waals surface area contributed by atoms with Gasteiger partial charge < -0.3 is 14.6 Å². The van der Waals surface area contributed by atoms with Gasteiger partial charge in [-0.15, -0.1) is 10.2 Å². The number of nitrogens with zero attached hydrogens (tertiary/aromatic N) is 3. The highest BCUT2D eigenvalue weighted by molar-refractivity contribution is 7.99. The first-order valence-corrected chi connectivity index (χ1v) is 10.1. The van der Waals surface area contributed by atoms with E-state index >= 15 is 0 Å². The molecule has 2 aromatic rings. The van der Waals surface area contributed by atoms with Crippen LogP contribution in [0.25, 0.3) is 11.4 Å². The SMILES string of the molecule is CC(C)Cn1c(SCC(=O)NC[C@@H]2CCCO2)nnc1-c1ccccc1. The summed E-state index contributed by atoms with van der Waals surface area (Å²) in [6.45, 7) is 6.54. The van der Waals surface area contributed by atoms with Crippen molar-refractivity contribution in [2.75, 3.05) is 18.9 Å². The molecule has 1 aliphatic rings. The summed E-state index contributed by atoms with van der Waals surface area (Å²) in [7, 11) is 0. The third-order valence-electron chi connectivity index (χ3n) is 4.18. The Morgan fingerprint density at radius 3 is 2.85 bits per heavy atom. The van der Waals surface area contributed by atoms with Crippen LogP contribution in [0.5, 0.6) is 0 Å². The predicted molar refractivity (Wildman–Crippen MR) is 103 cm³/mol. The Morgan fingerprint density at radius 1 is 1.35 bits per heavy atom. The largest absolute Gasteiger partial charge is 0.376 e. The molecule has 2 heterocycles. The number of carbonyl (C=O) groups excluding carboxylic acids is 1. The number of thioether (sulfide) groups is 1. The first-order chi connectivity index (χ1) is 12.6. The van der Waals surface area contributed by atoms with Gasteiger partial charge in [0.05, 0.1) is 11.9 Å². The van der Waals surface area contributed by atoms with Gasteiger partial charge in [-0.05, 0) is 18.8 Å². The van der Waals surface area contributed by atoms with Gasteiger partial charge >= 0.3 is 0 Å². The molecule has 26 heavy (non-hydrogen) atoms. The summed E-state index contributed by atoms with van der Waals surface area (Å²) >= 11 is 1.43. The number of rotatable bonds is 8. The van der Waals surface area contributed by atoms with Crippen molar-refractivity contribution in [2.45, 2.75) is 44.5 Å². The first kappa shape index (κ1) is 18.9. The van der Waals surface area contributed by atoms with E-state index in [-0.39, 0.29) is 12.0 Å². The van der Waals surface area contributed by atoms with Crippen LogP contribution in [-0.4, -0.2) is 45.7 Å². The second-order valence-electron chi connectivity index (χ2n) is 6.90. The van der Waals surface area contributed by atoms with E-state index in [1.165, 1.54) is 11.8 Å². The molecule has 1 aromatic heterocycles. The van der Waals surface area contributed by atoms with E-state index in [0.717, 1.165) is 42.5 Å². The van der Waals surface area contributed by atoms with Crippen LogP contribution in [0.15, 0.2) is 35.5 Å². The summed E-state index contributed by atoms with van der Waals surface area (Å²) in [4.78, 5) is 12.1. The lowest BCUT2D eigenvalue weighted by atomic mass is 10.2. The summed E-state index contributed by atoms with van der Waals surface area (Å²) in [5.74, 6) is 1.64. The van der Waals surface area contributed by atoms with Crippen LogP contribution >= 0.6 is 11.8 Å². The number of aromatic nitrogens is 3. The molecule has 1 saturated heterocycles. The molecule has 0 unspecified atom stereocenters. The molecule has 7 heteroatoms. The quantitative estimate of drug-likeness (QED) is 0.720. The molecule has 1 atom stereocenters. The Morgan fingerprint density at radius 2 is 2.15 bits per heavy atom. The van der Waals surface area contributed by atoms with Crippen molar-refractivity contribution < 1.29 is 9.53 Å². The molecular formula is C19H26N4O2S. The minimum atomic E-state index is 0.00542. The minimum Gasteiger partial charge on any atom is -0.376 e. The van der Waals surface area contributed by atoms with Gasteiger partial charge in [-0.3, -0.25) is 4.79 Å². The maximum atomic E-state index is 12.1. The van der Waals surface area contributed by atoms with E-state index in [0.29, 0.717) is 18.2 Å². The highest BCUT2D eigenvalue weighted by Gasteiger charge is 2.18. The molecule has 0 spiro atoms.